The summed E-state index contributed by atoms with van der Waals surface area (Å²) >= 11 is 0. The normalized spacial score (nSPS) is 14.9. The van der Waals surface area contributed by atoms with Crippen molar-refractivity contribution in [2.24, 2.45) is 0 Å². The minimum Gasteiger partial charge on any atom is -0.378 e. The number of carbonyl (C=O) groups excluding carboxylic acids is 1. The molecule has 0 saturated heterocycles. The van der Waals surface area contributed by atoms with Gasteiger partial charge in [0.15, 0.2) is 5.82 Å². The maximum Gasteiger partial charge on any atom is 0.255 e. The van der Waals surface area contributed by atoms with Gasteiger partial charge in [0.05, 0.1) is 23.2 Å². The second-order valence-electron chi connectivity index (χ2n) is 8.16. The van der Waals surface area contributed by atoms with Crippen LogP contribution in [0.4, 0.5) is 17.3 Å². The molecule has 5 rings (SSSR count). The number of hydrogen-bond donors (Lipinski definition) is 2. The van der Waals surface area contributed by atoms with Crippen LogP contribution in [-0.2, 0) is 4.79 Å². The second kappa shape index (κ2) is 8.78. The lowest BCUT2D eigenvalue weighted by Gasteiger charge is -2.27. The van der Waals surface area contributed by atoms with E-state index in [0.717, 1.165) is 11.3 Å². The largest absolute Gasteiger partial charge is 0.378 e. The van der Waals surface area contributed by atoms with Crippen molar-refractivity contribution in [3.05, 3.63) is 90.2 Å². The van der Waals surface area contributed by atoms with Crippen molar-refractivity contribution in [2.45, 2.75) is 13.0 Å². The van der Waals surface area contributed by atoms with Crippen molar-refractivity contribution in [3.63, 3.8) is 0 Å². The van der Waals surface area contributed by atoms with Crippen LogP contribution in [0, 0.1) is 0 Å². The Morgan fingerprint density at radius 2 is 1.88 bits per heavy atom. The number of nitrogens with zero attached hydrogens (tertiary/aromatic N) is 6. The molecule has 9 heteroatoms. The van der Waals surface area contributed by atoms with Crippen molar-refractivity contribution in [3.8, 4) is 11.4 Å². The first-order valence-corrected chi connectivity index (χ1v) is 10.9. The molecule has 1 amide bonds. The van der Waals surface area contributed by atoms with Crippen LogP contribution >= 0.6 is 0 Å². The lowest BCUT2D eigenvalue weighted by Crippen LogP contribution is -2.32. The number of anilines is 3. The summed E-state index contributed by atoms with van der Waals surface area (Å²) in [6.45, 7) is 1.86. The predicted octanol–water partition coefficient (Wildman–Crippen LogP) is 3.73. The Hall–Kier alpha value is -4.53. The van der Waals surface area contributed by atoms with Crippen molar-refractivity contribution in [1.82, 2.24) is 24.7 Å². The van der Waals surface area contributed by atoms with Crippen LogP contribution in [0.3, 0.4) is 0 Å². The number of aromatic nitrogens is 5. The maximum atomic E-state index is 13.4. The molecule has 9 nitrogen and oxygen atoms in total. The van der Waals surface area contributed by atoms with Gasteiger partial charge >= 0.3 is 0 Å². The molecule has 1 aliphatic heterocycles. The average molecular weight is 453 g/mol. The minimum absolute atomic E-state index is 0.258. The molecule has 0 radical (unpaired) electrons. The van der Waals surface area contributed by atoms with Gasteiger partial charge in [-0.25, -0.2) is 4.68 Å². The first-order chi connectivity index (χ1) is 16.5. The Morgan fingerprint density at radius 3 is 2.56 bits per heavy atom. The molecule has 170 valence electrons. The Labute approximate surface area is 197 Å². The molecule has 0 saturated carbocycles. The van der Waals surface area contributed by atoms with Gasteiger partial charge in [-0.1, -0.05) is 6.07 Å². The summed E-state index contributed by atoms with van der Waals surface area (Å²) in [6.07, 6.45) is 4.98. The first-order valence-electron chi connectivity index (χ1n) is 10.9. The highest BCUT2D eigenvalue weighted by Crippen LogP contribution is 2.36. The van der Waals surface area contributed by atoms with Gasteiger partial charge in [0.2, 0.25) is 5.95 Å². The number of rotatable bonds is 5. The van der Waals surface area contributed by atoms with Crippen molar-refractivity contribution >= 4 is 23.2 Å². The van der Waals surface area contributed by atoms with Crippen LogP contribution in [0.25, 0.3) is 11.4 Å². The lowest BCUT2D eigenvalue weighted by atomic mass is 9.98. The second-order valence-corrected chi connectivity index (χ2v) is 8.16. The summed E-state index contributed by atoms with van der Waals surface area (Å²) in [6, 6.07) is 16.7. The summed E-state index contributed by atoms with van der Waals surface area (Å²) in [5.74, 6) is 0.861. The number of fused-ring (bicyclic) bond motifs is 1. The van der Waals surface area contributed by atoms with E-state index in [9.17, 15) is 4.79 Å². The Bertz CT molecular complexity index is 1340. The number of pyridine rings is 2. The molecule has 4 heterocycles. The number of amides is 1. The molecule has 0 aliphatic carbocycles. The third-order valence-electron chi connectivity index (χ3n) is 5.63. The maximum absolute atomic E-state index is 13.4. The molecule has 1 atom stereocenters. The molecule has 0 bridgehead atoms. The van der Waals surface area contributed by atoms with Crippen LogP contribution in [0.1, 0.15) is 18.7 Å². The van der Waals surface area contributed by atoms with Crippen LogP contribution < -0.4 is 15.5 Å². The summed E-state index contributed by atoms with van der Waals surface area (Å²) in [4.78, 5) is 28.8. The van der Waals surface area contributed by atoms with Gasteiger partial charge in [0.25, 0.3) is 5.91 Å². The summed E-state index contributed by atoms with van der Waals surface area (Å²) in [5.41, 5.74) is 4.47. The molecule has 34 heavy (non-hydrogen) atoms. The fourth-order valence-corrected chi connectivity index (χ4v) is 3.92. The van der Waals surface area contributed by atoms with Crippen LogP contribution in [-0.4, -0.2) is 44.7 Å². The lowest BCUT2D eigenvalue weighted by molar-refractivity contribution is -0.113. The van der Waals surface area contributed by atoms with Gasteiger partial charge in [-0.05, 0) is 55.5 Å². The fourth-order valence-electron chi connectivity index (χ4n) is 3.92. The number of allylic oxidation sites excluding steroid dienone is 1. The van der Waals surface area contributed by atoms with Crippen LogP contribution in [0.2, 0.25) is 0 Å². The molecule has 4 aromatic rings. The summed E-state index contributed by atoms with van der Waals surface area (Å²) in [5, 5.41) is 11.0. The molecule has 2 N–H and O–H groups in total. The molecule has 1 aromatic carbocycles. The van der Waals surface area contributed by atoms with Crippen molar-refractivity contribution < 1.29 is 4.79 Å². The van der Waals surface area contributed by atoms with Gasteiger partial charge < -0.3 is 15.5 Å². The van der Waals surface area contributed by atoms with E-state index in [2.05, 4.69) is 20.6 Å². The van der Waals surface area contributed by atoms with Crippen molar-refractivity contribution in [1.29, 1.82) is 0 Å². The zero-order valence-electron chi connectivity index (χ0n) is 19.1. The van der Waals surface area contributed by atoms with E-state index in [4.69, 9.17) is 10.1 Å². The molecule has 0 spiro atoms. The Kier molecular flexibility index (Phi) is 5.51. The zero-order valence-corrected chi connectivity index (χ0v) is 19.1. The molecular weight excluding hydrogens is 428 g/mol. The van der Waals surface area contributed by atoms with Gasteiger partial charge in [-0.3, -0.25) is 14.8 Å². The summed E-state index contributed by atoms with van der Waals surface area (Å²) in [7, 11) is 3.99. The quantitative estimate of drug-likeness (QED) is 0.476. The third-order valence-corrected chi connectivity index (χ3v) is 5.63. The van der Waals surface area contributed by atoms with Crippen molar-refractivity contribution in [2.75, 3.05) is 29.6 Å². The van der Waals surface area contributed by atoms with Gasteiger partial charge in [-0.15, -0.1) is 5.10 Å². The van der Waals surface area contributed by atoms with Crippen LogP contribution in [0.5, 0.6) is 0 Å². The Morgan fingerprint density at radius 1 is 1.06 bits per heavy atom. The van der Waals surface area contributed by atoms with E-state index in [0.29, 0.717) is 34.4 Å². The third kappa shape index (κ3) is 3.99. The highest BCUT2D eigenvalue weighted by molar-refractivity contribution is 6.05. The molecular formula is C25H24N8O. The smallest absolute Gasteiger partial charge is 0.255 e. The highest BCUT2D eigenvalue weighted by Gasteiger charge is 2.35. The van der Waals surface area contributed by atoms with E-state index in [1.165, 1.54) is 0 Å². The SMILES string of the molecule is CC1=C(C(=O)Nc2cccnc2)C(c2ccccn2)n2nc(-c3ccc(N(C)C)cc3)nc2N1. The number of hydrogen-bond acceptors (Lipinski definition) is 7. The van der Waals surface area contributed by atoms with Gasteiger partial charge in [-0.2, -0.15) is 4.98 Å². The number of carbonyl (C=O) groups is 1. The average Bonchev–Trinajstić information content (AvgIpc) is 3.28. The van der Waals surface area contributed by atoms with Gasteiger partial charge in [0, 0.05) is 43.4 Å². The monoisotopic (exact) mass is 452 g/mol. The predicted molar refractivity (Wildman–Crippen MR) is 131 cm³/mol. The van der Waals surface area contributed by atoms with E-state index in [1.807, 2.05) is 68.4 Å². The Balaban J connectivity index is 1.56. The first kappa shape index (κ1) is 21.3. The summed E-state index contributed by atoms with van der Waals surface area (Å²) < 4.78 is 1.72. The fraction of sp³-hybridized carbons (Fsp3) is 0.160. The molecule has 3 aromatic heterocycles. The van der Waals surface area contributed by atoms with E-state index in [1.54, 1.807) is 35.4 Å². The van der Waals surface area contributed by atoms with E-state index < -0.39 is 6.04 Å². The zero-order chi connectivity index (χ0) is 23.7. The molecule has 0 fully saturated rings. The van der Waals surface area contributed by atoms with E-state index in [-0.39, 0.29) is 5.91 Å². The molecule has 1 aliphatic rings. The number of benzene rings is 1. The van der Waals surface area contributed by atoms with E-state index >= 15 is 0 Å². The topological polar surface area (TPSA) is 101 Å². The minimum atomic E-state index is -0.545. The molecule has 1 unspecified atom stereocenters. The van der Waals surface area contributed by atoms with Gasteiger partial charge in [0.1, 0.15) is 6.04 Å². The highest BCUT2D eigenvalue weighted by atomic mass is 16.1. The standard InChI is InChI=1S/C25H24N8O/c1-16-21(24(34)29-18-7-6-13-26-15-18)22(20-8-4-5-14-27-20)33-25(28-16)30-23(31-33)17-9-11-19(12-10-17)32(2)3/h4-15,22H,1-3H3,(H,29,34)(H,28,30,31). The number of nitrogens with one attached hydrogen (secondary N) is 2. The van der Waals surface area contributed by atoms with Crippen LogP contribution in [0.15, 0.2) is 84.5 Å².